The molecule has 0 saturated heterocycles. The lowest BCUT2D eigenvalue weighted by molar-refractivity contribution is 0.574. The van der Waals surface area contributed by atoms with Crippen molar-refractivity contribution in [3.05, 3.63) is 73.0 Å². The Labute approximate surface area is 164 Å². The van der Waals surface area contributed by atoms with Crippen LogP contribution in [0.2, 0.25) is 0 Å². The Morgan fingerprint density at radius 1 is 0.857 bits per heavy atom. The summed E-state index contributed by atoms with van der Waals surface area (Å²) in [6.45, 7) is 0. The number of furan rings is 1. The van der Waals surface area contributed by atoms with E-state index in [1.807, 2.05) is 54.6 Å². The standard InChI is InChI=1S/C20H14N6OS/c21-26-18(16-11-6-12-27-16)24-25-20(26)28-19-22-15-10-5-4-9-14(15)17(23-19)13-7-2-1-3-8-13/h1-12H,21H2. The van der Waals surface area contributed by atoms with Gasteiger partial charge in [0, 0.05) is 10.9 Å². The molecule has 0 spiro atoms. The van der Waals surface area contributed by atoms with Crippen molar-refractivity contribution < 1.29 is 4.42 Å². The van der Waals surface area contributed by atoms with E-state index < -0.39 is 0 Å². The van der Waals surface area contributed by atoms with Crippen LogP contribution in [0.15, 0.2) is 87.7 Å². The van der Waals surface area contributed by atoms with Crippen LogP contribution in [0.5, 0.6) is 0 Å². The summed E-state index contributed by atoms with van der Waals surface area (Å²) in [6, 6.07) is 21.5. The van der Waals surface area contributed by atoms with Crippen LogP contribution in [0.25, 0.3) is 33.7 Å². The Morgan fingerprint density at radius 2 is 1.68 bits per heavy atom. The van der Waals surface area contributed by atoms with Crippen LogP contribution in [0.1, 0.15) is 0 Å². The van der Waals surface area contributed by atoms with Gasteiger partial charge in [-0.2, -0.15) is 0 Å². The summed E-state index contributed by atoms with van der Waals surface area (Å²) < 4.78 is 6.73. The van der Waals surface area contributed by atoms with E-state index in [9.17, 15) is 0 Å². The van der Waals surface area contributed by atoms with Crippen molar-refractivity contribution in [1.82, 2.24) is 24.8 Å². The van der Waals surface area contributed by atoms with Crippen molar-refractivity contribution in [3.8, 4) is 22.8 Å². The Hall–Kier alpha value is -3.65. The van der Waals surface area contributed by atoms with Gasteiger partial charge in [-0.1, -0.05) is 48.5 Å². The second-order valence-electron chi connectivity index (χ2n) is 5.99. The molecule has 2 aromatic carbocycles. The van der Waals surface area contributed by atoms with Crippen LogP contribution in [0.4, 0.5) is 0 Å². The first-order valence-corrected chi connectivity index (χ1v) is 9.36. The molecule has 0 radical (unpaired) electrons. The van der Waals surface area contributed by atoms with Crippen molar-refractivity contribution in [3.63, 3.8) is 0 Å². The molecule has 28 heavy (non-hydrogen) atoms. The summed E-state index contributed by atoms with van der Waals surface area (Å²) in [5, 5.41) is 10.3. The lowest BCUT2D eigenvalue weighted by Gasteiger charge is -2.08. The van der Waals surface area contributed by atoms with Crippen LogP contribution in [-0.2, 0) is 0 Å². The molecule has 2 N–H and O–H groups in total. The van der Waals surface area contributed by atoms with Gasteiger partial charge in [-0.15, -0.1) is 10.2 Å². The predicted octanol–water partition coefficient (Wildman–Crippen LogP) is 4.01. The van der Waals surface area contributed by atoms with Gasteiger partial charge >= 0.3 is 0 Å². The molecular formula is C20H14N6OS. The van der Waals surface area contributed by atoms with Crippen LogP contribution < -0.4 is 5.84 Å². The second-order valence-corrected chi connectivity index (χ2v) is 6.93. The Morgan fingerprint density at radius 3 is 2.50 bits per heavy atom. The quantitative estimate of drug-likeness (QED) is 0.368. The number of para-hydroxylation sites is 1. The molecule has 5 aromatic rings. The third kappa shape index (κ3) is 2.89. The van der Waals surface area contributed by atoms with Gasteiger partial charge in [-0.05, 0) is 30.0 Å². The molecule has 0 aliphatic carbocycles. The highest BCUT2D eigenvalue weighted by Crippen LogP contribution is 2.31. The van der Waals surface area contributed by atoms with E-state index in [-0.39, 0.29) is 0 Å². The fourth-order valence-electron chi connectivity index (χ4n) is 2.92. The van der Waals surface area contributed by atoms with Gasteiger partial charge < -0.3 is 10.3 Å². The number of nitrogens with two attached hydrogens (primary N) is 1. The van der Waals surface area contributed by atoms with Gasteiger partial charge in [-0.3, -0.25) is 0 Å². The summed E-state index contributed by atoms with van der Waals surface area (Å²) in [4.78, 5) is 9.43. The summed E-state index contributed by atoms with van der Waals surface area (Å²) in [5.74, 6) is 7.15. The van der Waals surface area contributed by atoms with E-state index in [1.54, 1.807) is 18.4 Å². The van der Waals surface area contributed by atoms with Gasteiger partial charge in [0.2, 0.25) is 11.0 Å². The average Bonchev–Trinajstić information content (AvgIpc) is 3.38. The fraction of sp³-hybridized carbons (Fsp3) is 0. The molecule has 7 nitrogen and oxygen atoms in total. The van der Waals surface area contributed by atoms with E-state index in [4.69, 9.17) is 15.2 Å². The first-order valence-electron chi connectivity index (χ1n) is 8.54. The van der Waals surface area contributed by atoms with E-state index in [0.29, 0.717) is 21.9 Å². The minimum absolute atomic E-state index is 0.441. The van der Waals surface area contributed by atoms with Crippen LogP contribution in [0.3, 0.4) is 0 Å². The molecule has 8 heteroatoms. The highest BCUT2D eigenvalue weighted by Gasteiger charge is 2.17. The Balaban J connectivity index is 1.59. The predicted molar refractivity (Wildman–Crippen MR) is 107 cm³/mol. The molecule has 0 saturated carbocycles. The Kier molecular flexibility index (Phi) is 4.02. The van der Waals surface area contributed by atoms with Crippen molar-refractivity contribution in [1.29, 1.82) is 0 Å². The monoisotopic (exact) mass is 386 g/mol. The summed E-state index contributed by atoms with van der Waals surface area (Å²) in [7, 11) is 0. The van der Waals surface area contributed by atoms with Crippen LogP contribution in [0, 0.1) is 0 Å². The minimum atomic E-state index is 0.441. The number of nitrogens with zero attached hydrogens (tertiary/aromatic N) is 5. The number of hydrogen-bond acceptors (Lipinski definition) is 7. The maximum Gasteiger partial charge on any atom is 0.218 e. The van der Waals surface area contributed by atoms with Crippen LogP contribution >= 0.6 is 11.8 Å². The zero-order chi connectivity index (χ0) is 18.9. The molecule has 0 aliphatic heterocycles. The maximum absolute atomic E-state index is 6.16. The topological polar surface area (TPSA) is 95.7 Å². The number of nitrogen functional groups attached to an aromatic ring is 1. The number of fused-ring (bicyclic) bond motifs is 1. The first kappa shape index (κ1) is 16.5. The van der Waals surface area contributed by atoms with Gasteiger partial charge in [-0.25, -0.2) is 14.6 Å². The fourth-order valence-corrected chi connectivity index (χ4v) is 3.63. The third-order valence-electron chi connectivity index (χ3n) is 4.22. The molecule has 5 rings (SSSR count). The Bertz CT molecular complexity index is 1250. The summed E-state index contributed by atoms with van der Waals surface area (Å²) in [6.07, 6.45) is 1.56. The highest BCUT2D eigenvalue weighted by atomic mass is 32.2. The van der Waals surface area contributed by atoms with E-state index in [0.717, 1.165) is 22.2 Å². The van der Waals surface area contributed by atoms with Crippen molar-refractivity contribution in [2.24, 2.45) is 0 Å². The van der Waals surface area contributed by atoms with Gasteiger partial charge in [0.25, 0.3) is 0 Å². The lowest BCUT2D eigenvalue weighted by Crippen LogP contribution is -2.11. The number of aromatic nitrogens is 5. The van der Waals surface area contributed by atoms with Crippen molar-refractivity contribution in [2.75, 3.05) is 5.84 Å². The van der Waals surface area contributed by atoms with Crippen molar-refractivity contribution >= 4 is 22.7 Å². The average molecular weight is 386 g/mol. The molecule has 0 aliphatic rings. The second kappa shape index (κ2) is 6.82. The summed E-state index contributed by atoms with van der Waals surface area (Å²) >= 11 is 1.26. The van der Waals surface area contributed by atoms with Crippen molar-refractivity contribution in [2.45, 2.75) is 10.3 Å². The minimum Gasteiger partial charge on any atom is -0.461 e. The normalized spacial score (nSPS) is 11.1. The first-order chi connectivity index (χ1) is 13.8. The van der Waals surface area contributed by atoms with Gasteiger partial charge in [0.05, 0.1) is 17.5 Å². The maximum atomic E-state index is 6.16. The molecule has 3 aromatic heterocycles. The molecule has 0 bridgehead atoms. The molecule has 136 valence electrons. The van der Waals surface area contributed by atoms with Gasteiger partial charge in [0.1, 0.15) is 0 Å². The smallest absolute Gasteiger partial charge is 0.218 e. The molecule has 0 unspecified atom stereocenters. The van der Waals surface area contributed by atoms with Gasteiger partial charge in [0.15, 0.2) is 10.9 Å². The van der Waals surface area contributed by atoms with Crippen LogP contribution in [-0.4, -0.2) is 24.8 Å². The number of benzene rings is 2. The van der Waals surface area contributed by atoms with E-state index in [1.165, 1.54) is 16.4 Å². The zero-order valence-electron chi connectivity index (χ0n) is 14.6. The number of hydrogen-bond donors (Lipinski definition) is 1. The third-order valence-corrected chi connectivity index (χ3v) is 5.04. The molecule has 0 amide bonds. The number of rotatable bonds is 4. The molecule has 0 atom stereocenters. The molecular weight excluding hydrogens is 372 g/mol. The van der Waals surface area contributed by atoms with E-state index >= 15 is 0 Å². The summed E-state index contributed by atoms with van der Waals surface area (Å²) in [5.41, 5.74) is 2.74. The molecule has 3 heterocycles. The highest BCUT2D eigenvalue weighted by molar-refractivity contribution is 7.99. The molecule has 0 fully saturated rings. The lowest BCUT2D eigenvalue weighted by atomic mass is 10.1. The largest absolute Gasteiger partial charge is 0.461 e. The zero-order valence-corrected chi connectivity index (χ0v) is 15.4. The van der Waals surface area contributed by atoms with E-state index in [2.05, 4.69) is 15.2 Å². The SMILES string of the molecule is Nn1c(Sc2nc(-c3ccccc3)c3ccccc3n2)nnc1-c1ccco1.